The van der Waals surface area contributed by atoms with Gasteiger partial charge in [0.2, 0.25) is 0 Å². The highest BCUT2D eigenvalue weighted by Gasteiger charge is 2.58. The van der Waals surface area contributed by atoms with E-state index in [1.165, 1.54) is 176 Å². The Kier molecular flexibility index (Phi) is 11.6. The van der Waals surface area contributed by atoms with Crippen LogP contribution in [0.1, 0.15) is 201 Å². The molecule has 0 saturated heterocycles. The summed E-state index contributed by atoms with van der Waals surface area (Å²) in [5, 5.41) is 2.78. The minimum Gasteiger partial charge on any atom is -0.334 e. The topological polar surface area (TPSA) is 9.72 Å². The van der Waals surface area contributed by atoms with Crippen molar-refractivity contribution in [3.63, 3.8) is 0 Å². The SMILES string of the molecule is CC(C)(C)c1ccc(N2c3cc(N4c5ccccc5C5(C)CCCCC45C)cc4c3B(c3sc5cc6c(cc5c32)C(C)(C)CCC6(C)C)c2sc3cc5c(cc3c2N4c2ccc(C(C)(C)C)cc2-c2ccccc2)C(C)(C)CCC5(C)C)cc1. The van der Waals surface area contributed by atoms with E-state index in [-0.39, 0.29) is 50.2 Å². The Balaban J connectivity index is 1.13. The largest absolute Gasteiger partial charge is 0.334 e. The fourth-order valence-electron chi connectivity index (χ4n) is 17.0. The maximum atomic E-state index is 2.86. The molecule has 1 saturated carbocycles. The van der Waals surface area contributed by atoms with Gasteiger partial charge in [-0.3, -0.25) is 0 Å². The van der Waals surface area contributed by atoms with Crippen molar-refractivity contribution in [1.29, 1.82) is 0 Å². The molecule has 2 unspecified atom stereocenters. The minimum absolute atomic E-state index is 0.00304. The van der Waals surface area contributed by atoms with Gasteiger partial charge in [-0.1, -0.05) is 183 Å². The van der Waals surface area contributed by atoms with Crippen molar-refractivity contribution >= 4 is 110 Å². The monoisotopic (exact) mass is 1140 g/mol. The Morgan fingerprint density at radius 3 is 1.46 bits per heavy atom. The number of nitrogens with zero attached hydrogens (tertiary/aromatic N) is 3. The average molecular weight is 1140 g/mol. The van der Waals surface area contributed by atoms with Crippen molar-refractivity contribution in [2.45, 2.75) is 206 Å². The molecule has 0 radical (unpaired) electrons. The second-order valence-electron chi connectivity index (χ2n) is 31.8. The normalized spacial score (nSPS) is 22.3. The van der Waals surface area contributed by atoms with Crippen molar-refractivity contribution in [3.05, 3.63) is 172 Å². The number of anilines is 8. The molecule has 3 aliphatic heterocycles. The van der Waals surface area contributed by atoms with Crippen LogP contribution in [0, 0.1) is 0 Å². The lowest BCUT2D eigenvalue weighted by atomic mass is 9.39. The van der Waals surface area contributed by atoms with Crippen LogP contribution in [-0.2, 0) is 37.9 Å². The summed E-state index contributed by atoms with van der Waals surface area (Å²) in [6, 6.07) is 54.2. The van der Waals surface area contributed by atoms with Crippen molar-refractivity contribution < 1.29 is 0 Å². The van der Waals surface area contributed by atoms with E-state index < -0.39 is 0 Å². The summed E-state index contributed by atoms with van der Waals surface area (Å²) in [6.45, 7) is 39.4. The summed E-state index contributed by atoms with van der Waals surface area (Å²) < 4.78 is 5.73. The van der Waals surface area contributed by atoms with Crippen LogP contribution >= 0.6 is 22.7 Å². The average Bonchev–Trinajstić information content (AvgIpc) is 1.45. The molecule has 84 heavy (non-hydrogen) atoms. The second kappa shape index (κ2) is 17.8. The Morgan fingerprint density at radius 2 is 0.905 bits per heavy atom. The van der Waals surface area contributed by atoms with Gasteiger partial charge >= 0.3 is 0 Å². The molecule has 0 bridgehead atoms. The highest BCUT2D eigenvalue weighted by Crippen LogP contribution is 2.63. The molecule has 1 fully saturated rings. The summed E-state index contributed by atoms with van der Waals surface area (Å²) in [7, 11) is 0. The van der Waals surface area contributed by atoms with E-state index in [2.05, 4.69) is 282 Å². The van der Waals surface area contributed by atoms with Gasteiger partial charge in [-0.05, 0) is 195 Å². The molecule has 3 nitrogen and oxygen atoms in total. The predicted octanol–water partition coefficient (Wildman–Crippen LogP) is 20.9. The van der Waals surface area contributed by atoms with Gasteiger partial charge in [0, 0.05) is 69.1 Å². The van der Waals surface area contributed by atoms with Gasteiger partial charge in [-0.2, -0.15) is 0 Å². The van der Waals surface area contributed by atoms with Crippen LogP contribution in [0.5, 0.6) is 0 Å². The van der Waals surface area contributed by atoms with Gasteiger partial charge in [0.15, 0.2) is 0 Å². The number of benzene rings is 7. The molecule has 7 aromatic carbocycles. The zero-order chi connectivity index (χ0) is 58.8. The van der Waals surface area contributed by atoms with Crippen LogP contribution in [0.4, 0.5) is 45.5 Å². The van der Waals surface area contributed by atoms with E-state index >= 15 is 0 Å². The molecule has 5 heterocycles. The van der Waals surface area contributed by atoms with E-state index in [1.807, 2.05) is 0 Å². The van der Waals surface area contributed by atoms with Gasteiger partial charge in [-0.25, -0.2) is 0 Å². The molecule has 2 atom stereocenters. The zero-order valence-corrected chi connectivity index (χ0v) is 54.7. The summed E-state index contributed by atoms with van der Waals surface area (Å²) in [6.07, 6.45) is 9.51. The standard InChI is InChI=1S/C78H86BN3S2/c1-71(2,3)48-28-31-50(32-29-48)80-62-41-51(82-61-27-21-20-26-55(61)77(15)34-22-23-35-78(77,82)16)42-63-66(62)79(69-67(80)53-43-56-58(45-64(53)83-69)75(11,12)38-36-73(56,7)8)70-68(54-44-57-59(46-65(54)84-70)76(13,14)39-37-74(57,9)10)81(63)60-33-30-49(72(4,5)6)40-52(60)47-24-18-17-19-25-47/h17-21,24-33,40-46H,22-23,34-39H2,1-16H3. The van der Waals surface area contributed by atoms with Crippen LogP contribution in [0.15, 0.2) is 133 Å². The quantitative estimate of drug-likeness (QED) is 0.163. The first-order valence-corrected chi connectivity index (χ1v) is 33.5. The molecule has 3 aliphatic carbocycles. The van der Waals surface area contributed by atoms with Gasteiger partial charge in [0.05, 0.1) is 22.6 Å². The molecular weight excluding hydrogens is 1050 g/mol. The maximum Gasteiger partial charge on any atom is 0.277 e. The zero-order valence-electron chi connectivity index (χ0n) is 53.1. The van der Waals surface area contributed by atoms with Gasteiger partial charge in [-0.15, -0.1) is 22.7 Å². The molecule has 6 heteroatoms. The van der Waals surface area contributed by atoms with Crippen LogP contribution in [-0.4, -0.2) is 12.3 Å². The Bertz CT molecular complexity index is 4230. The van der Waals surface area contributed by atoms with Crippen molar-refractivity contribution in [3.8, 4) is 11.1 Å². The van der Waals surface area contributed by atoms with E-state index in [0.29, 0.717) is 0 Å². The first-order chi connectivity index (χ1) is 39.6. The lowest BCUT2D eigenvalue weighted by Crippen LogP contribution is -2.60. The molecule has 15 rings (SSSR count). The van der Waals surface area contributed by atoms with E-state index in [9.17, 15) is 0 Å². The van der Waals surface area contributed by atoms with Gasteiger partial charge in [0.1, 0.15) is 0 Å². The smallest absolute Gasteiger partial charge is 0.277 e. The van der Waals surface area contributed by atoms with Crippen LogP contribution in [0.25, 0.3) is 31.3 Å². The summed E-state index contributed by atoms with van der Waals surface area (Å²) in [4.78, 5) is 8.46. The first kappa shape index (κ1) is 54.6. The highest BCUT2D eigenvalue weighted by molar-refractivity contribution is 7.40. The summed E-state index contributed by atoms with van der Waals surface area (Å²) in [5.74, 6) is 0. The van der Waals surface area contributed by atoms with E-state index in [0.717, 1.165) is 6.42 Å². The van der Waals surface area contributed by atoms with Crippen molar-refractivity contribution in [2.75, 3.05) is 14.7 Å². The molecule has 0 N–H and O–H groups in total. The summed E-state index contributed by atoms with van der Waals surface area (Å²) >= 11 is 4.18. The third-order valence-corrected chi connectivity index (χ3v) is 25.0. The Hall–Kier alpha value is -6.08. The number of rotatable bonds is 4. The van der Waals surface area contributed by atoms with E-state index in [4.69, 9.17) is 0 Å². The van der Waals surface area contributed by atoms with Crippen LogP contribution < -0.4 is 29.7 Å². The number of hydrogen-bond donors (Lipinski definition) is 0. The molecule has 2 aromatic heterocycles. The van der Waals surface area contributed by atoms with Crippen molar-refractivity contribution in [2.24, 2.45) is 0 Å². The van der Waals surface area contributed by atoms with Gasteiger partial charge < -0.3 is 14.7 Å². The molecule has 0 spiro atoms. The predicted molar refractivity (Wildman–Crippen MR) is 367 cm³/mol. The molecule has 6 aliphatic rings. The van der Waals surface area contributed by atoms with Crippen molar-refractivity contribution in [1.82, 2.24) is 0 Å². The maximum absolute atomic E-state index is 2.86. The fourth-order valence-corrected chi connectivity index (χ4v) is 19.7. The minimum atomic E-state index is -0.151. The fraction of sp³-hybridized carbons (Fsp3) is 0.410. The Labute approximate surface area is 510 Å². The Morgan fingerprint density at radius 1 is 0.417 bits per heavy atom. The van der Waals surface area contributed by atoms with Gasteiger partial charge in [0.25, 0.3) is 6.71 Å². The third kappa shape index (κ3) is 7.66. The van der Waals surface area contributed by atoms with E-state index in [1.54, 1.807) is 0 Å². The molecule has 9 aromatic rings. The number of hydrogen-bond acceptors (Lipinski definition) is 5. The first-order valence-electron chi connectivity index (χ1n) is 31.8. The lowest BCUT2D eigenvalue weighted by Gasteiger charge is -2.51. The molecular formula is C78H86BN3S2. The molecule has 428 valence electrons. The highest BCUT2D eigenvalue weighted by atomic mass is 32.1. The second-order valence-corrected chi connectivity index (χ2v) is 33.9. The molecule has 0 amide bonds. The number of thiophene rings is 2. The third-order valence-electron chi connectivity index (χ3n) is 22.6. The van der Waals surface area contributed by atoms with Crippen LogP contribution in [0.3, 0.4) is 0 Å². The number of para-hydroxylation sites is 1. The number of fused-ring (bicyclic) bond motifs is 13. The summed E-state index contributed by atoms with van der Waals surface area (Å²) in [5.41, 5.74) is 24.7. The van der Waals surface area contributed by atoms with Crippen LogP contribution in [0.2, 0.25) is 0 Å². The lowest BCUT2D eigenvalue weighted by molar-refractivity contribution is 0.195.